The molecule has 2 aromatic rings. The van der Waals surface area contributed by atoms with Crippen LogP contribution < -0.4 is 14.8 Å². The van der Waals surface area contributed by atoms with Gasteiger partial charge in [-0.1, -0.05) is 6.92 Å². The molecule has 0 radical (unpaired) electrons. The van der Waals surface area contributed by atoms with Crippen molar-refractivity contribution in [2.75, 3.05) is 6.61 Å². The zero-order valence-corrected chi connectivity index (χ0v) is 15.7. The molecule has 1 atom stereocenters. The molecule has 5 nitrogen and oxygen atoms in total. The van der Waals surface area contributed by atoms with Crippen LogP contribution in [-0.2, 0) is 11.3 Å². The van der Waals surface area contributed by atoms with E-state index in [0.717, 1.165) is 12.0 Å². The Labute approximate surface area is 154 Å². The van der Waals surface area contributed by atoms with Crippen LogP contribution in [0.5, 0.6) is 11.6 Å². The molecule has 0 unspecified atom stereocenters. The van der Waals surface area contributed by atoms with Gasteiger partial charge in [-0.25, -0.2) is 9.37 Å². The fourth-order valence-corrected chi connectivity index (χ4v) is 2.44. The number of pyridine rings is 1. The van der Waals surface area contributed by atoms with Gasteiger partial charge in [0.2, 0.25) is 5.88 Å². The number of hydrogen-bond donors (Lipinski definition) is 1. The van der Waals surface area contributed by atoms with Crippen LogP contribution in [-0.4, -0.2) is 23.6 Å². The quantitative estimate of drug-likeness (QED) is 0.717. The summed E-state index contributed by atoms with van der Waals surface area (Å²) in [6.07, 6.45) is 1.82. The highest BCUT2D eigenvalue weighted by molar-refractivity contribution is 9.10. The summed E-state index contributed by atoms with van der Waals surface area (Å²) < 4.78 is 24.6. The zero-order chi connectivity index (χ0) is 18.2. The van der Waals surface area contributed by atoms with Gasteiger partial charge in [-0.2, -0.15) is 0 Å². The first-order valence-corrected chi connectivity index (χ1v) is 8.76. The summed E-state index contributed by atoms with van der Waals surface area (Å²) in [4.78, 5) is 16.3. The number of nitrogens with one attached hydrogen (secondary N) is 1. The molecule has 0 aliphatic heterocycles. The smallest absolute Gasteiger partial charge is 0.261 e. The maximum atomic E-state index is 13.1. The van der Waals surface area contributed by atoms with Gasteiger partial charge >= 0.3 is 0 Å². The number of amides is 1. The van der Waals surface area contributed by atoms with Crippen molar-refractivity contribution in [2.45, 2.75) is 32.9 Å². The second kappa shape index (κ2) is 9.36. The average Bonchev–Trinajstić information content (AvgIpc) is 2.60. The predicted octanol–water partition coefficient (Wildman–Crippen LogP) is 3.86. The molecule has 2 rings (SSSR count). The number of rotatable bonds is 8. The van der Waals surface area contributed by atoms with Crippen LogP contribution in [0.3, 0.4) is 0 Å². The maximum absolute atomic E-state index is 13.1. The van der Waals surface area contributed by atoms with Gasteiger partial charge in [0.05, 0.1) is 11.1 Å². The second-order valence-electron chi connectivity index (χ2n) is 5.40. The Morgan fingerprint density at radius 1 is 1.36 bits per heavy atom. The van der Waals surface area contributed by atoms with E-state index in [1.54, 1.807) is 25.3 Å². The van der Waals surface area contributed by atoms with Crippen molar-refractivity contribution in [1.29, 1.82) is 0 Å². The molecule has 0 spiro atoms. The van der Waals surface area contributed by atoms with Crippen LogP contribution in [0.25, 0.3) is 0 Å². The number of nitrogens with zero attached hydrogens (tertiary/aromatic N) is 1. The van der Waals surface area contributed by atoms with Gasteiger partial charge < -0.3 is 14.8 Å². The molecule has 1 N–H and O–H groups in total. The number of carbonyl (C=O) groups excluding carboxylic acids is 1. The largest absolute Gasteiger partial charge is 0.480 e. The van der Waals surface area contributed by atoms with Crippen molar-refractivity contribution in [3.8, 4) is 11.6 Å². The number of halogens is 2. The van der Waals surface area contributed by atoms with Crippen LogP contribution in [0.4, 0.5) is 4.39 Å². The third kappa shape index (κ3) is 6.01. The van der Waals surface area contributed by atoms with Gasteiger partial charge in [0.25, 0.3) is 5.91 Å². The summed E-state index contributed by atoms with van der Waals surface area (Å²) >= 11 is 3.21. The lowest BCUT2D eigenvalue weighted by atomic mass is 10.2. The van der Waals surface area contributed by atoms with E-state index in [0.29, 0.717) is 29.3 Å². The highest BCUT2D eigenvalue weighted by atomic mass is 79.9. The van der Waals surface area contributed by atoms with Gasteiger partial charge in [-0.15, -0.1) is 0 Å². The summed E-state index contributed by atoms with van der Waals surface area (Å²) in [6, 6.07) is 7.64. The minimum atomic E-state index is -0.723. The lowest BCUT2D eigenvalue weighted by Crippen LogP contribution is -2.36. The minimum absolute atomic E-state index is 0.274. The monoisotopic (exact) mass is 410 g/mol. The Bertz CT molecular complexity index is 727. The summed E-state index contributed by atoms with van der Waals surface area (Å²) in [6.45, 7) is 4.58. The van der Waals surface area contributed by atoms with Crippen LogP contribution >= 0.6 is 15.9 Å². The first kappa shape index (κ1) is 19.2. The van der Waals surface area contributed by atoms with E-state index in [4.69, 9.17) is 9.47 Å². The molecule has 0 saturated heterocycles. The molecule has 0 aliphatic rings. The molecule has 1 heterocycles. The van der Waals surface area contributed by atoms with Crippen LogP contribution in [0.1, 0.15) is 25.8 Å². The van der Waals surface area contributed by atoms with Gasteiger partial charge in [0.15, 0.2) is 6.10 Å². The van der Waals surface area contributed by atoms with E-state index in [1.165, 1.54) is 18.2 Å². The molecule has 1 amide bonds. The van der Waals surface area contributed by atoms with E-state index >= 15 is 0 Å². The van der Waals surface area contributed by atoms with Crippen molar-refractivity contribution < 1.29 is 18.7 Å². The molecule has 0 bridgehead atoms. The van der Waals surface area contributed by atoms with E-state index in [1.807, 2.05) is 6.92 Å². The molecule has 0 fully saturated rings. The Kier molecular flexibility index (Phi) is 7.18. The fourth-order valence-electron chi connectivity index (χ4n) is 1.99. The van der Waals surface area contributed by atoms with Crippen molar-refractivity contribution in [3.05, 3.63) is 52.4 Å². The first-order valence-electron chi connectivity index (χ1n) is 7.96. The third-order valence-electron chi connectivity index (χ3n) is 3.29. The summed E-state index contributed by atoms with van der Waals surface area (Å²) in [5, 5.41) is 2.80. The number of aromatic nitrogens is 1. The van der Waals surface area contributed by atoms with Gasteiger partial charge in [-0.05, 0) is 59.1 Å². The Morgan fingerprint density at radius 2 is 2.16 bits per heavy atom. The first-order chi connectivity index (χ1) is 12.0. The summed E-state index contributed by atoms with van der Waals surface area (Å²) in [5.41, 5.74) is 0.879. The molecule has 1 aromatic heterocycles. The highest BCUT2D eigenvalue weighted by Gasteiger charge is 2.16. The Hall–Kier alpha value is -2.15. The molecule has 1 aromatic carbocycles. The van der Waals surface area contributed by atoms with Gasteiger partial charge in [-0.3, -0.25) is 4.79 Å². The normalized spacial score (nSPS) is 11.7. The van der Waals surface area contributed by atoms with E-state index in [-0.39, 0.29) is 11.7 Å². The maximum Gasteiger partial charge on any atom is 0.261 e. The molecular formula is C18H20BrFN2O3. The lowest BCUT2D eigenvalue weighted by Gasteiger charge is -2.16. The summed E-state index contributed by atoms with van der Waals surface area (Å²) in [7, 11) is 0. The van der Waals surface area contributed by atoms with Crippen LogP contribution in [0.15, 0.2) is 41.0 Å². The van der Waals surface area contributed by atoms with Crippen LogP contribution in [0.2, 0.25) is 0 Å². The van der Waals surface area contributed by atoms with Crippen molar-refractivity contribution in [2.24, 2.45) is 0 Å². The third-order valence-corrected chi connectivity index (χ3v) is 3.91. The fraction of sp³-hybridized carbons (Fsp3) is 0.333. The van der Waals surface area contributed by atoms with Crippen molar-refractivity contribution >= 4 is 21.8 Å². The average molecular weight is 411 g/mol. The van der Waals surface area contributed by atoms with Gasteiger partial charge in [0, 0.05) is 18.8 Å². The van der Waals surface area contributed by atoms with Crippen molar-refractivity contribution in [1.82, 2.24) is 10.3 Å². The van der Waals surface area contributed by atoms with Gasteiger partial charge in [0.1, 0.15) is 11.6 Å². The number of carbonyl (C=O) groups is 1. The molecule has 25 heavy (non-hydrogen) atoms. The van der Waals surface area contributed by atoms with Crippen molar-refractivity contribution in [3.63, 3.8) is 0 Å². The molecular weight excluding hydrogens is 391 g/mol. The molecule has 7 heteroatoms. The van der Waals surface area contributed by atoms with Crippen LogP contribution in [0, 0.1) is 5.82 Å². The Balaban J connectivity index is 1.88. The van der Waals surface area contributed by atoms with E-state index in [2.05, 4.69) is 26.2 Å². The SMILES string of the molecule is CCCOc1cc(CNC(=O)[C@@H](C)Oc2ccc(F)cc2Br)ccn1. The number of hydrogen-bond acceptors (Lipinski definition) is 4. The minimum Gasteiger partial charge on any atom is -0.480 e. The van der Waals surface area contributed by atoms with E-state index < -0.39 is 6.10 Å². The number of benzene rings is 1. The van der Waals surface area contributed by atoms with E-state index in [9.17, 15) is 9.18 Å². The standard InChI is InChI=1S/C18H20BrFN2O3/c1-3-8-24-17-9-13(6-7-21-17)11-22-18(23)12(2)25-16-5-4-14(20)10-15(16)19/h4-7,9-10,12H,3,8,11H2,1-2H3,(H,22,23)/t12-/m1/s1. The topological polar surface area (TPSA) is 60.5 Å². The predicted molar refractivity (Wildman–Crippen MR) is 96.1 cm³/mol. The number of ether oxygens (including phenoxy) is 2. The Morgan fingerprint density at radius 3 is 2.88 bits per heavy atom. The highest BCUT2D eigenvalue weighted by Crippen LogP contribution is 2.26. The lowest BCUT2D eigenvalue weighted by molar-refractivity contribution is -0.127. The molecule has 0 saturated carbocycles. The second-order valence-corrected chi connectivity index (χ2v) is 6.26. The summed E-state index contributed by atoms with van der Waals surface area (Å²) in [5.74, 6) is 0.288. The molecule has 0 aliphatic carbocycles. The zero-order valence-electron chi connectivity index (χ0n) is 14.1. The molecule has 134 valence electrons.